The standard InChI is InChI=1S/C20H41N/c1-9-15(2)12-17-13-18(19(3,4)5)11-10-16(17)14-21-20(6,7)8/h15-18,21H,9-14H2,1-8H3. The summed E-state index contributed by atoms with van der Waals surface area (Å²) in [5, 5.41) is 3.77. The van der Waals surface area contributed by atoms with Gasteiger partial charge in [-0.2, -0.15) is 0 Å². The summed E-state index contributed by atoms with van der Waals surface area (Å²) in [5.41, 5.74) is 0.734. The van der Waals surface area contributed by atoms with Gasteiger partial charge in [0.15, 0.2) is 0 Å². The maximum Gasteiger partial charge on any atom is 0.00966 e. The van der Waals surface area contributed by atoms with Crippen LogP contribution in [-0.2, 0) is 0 Å². The lowest BCUT2D eigenvalue weighted by molar-refractivity contribution is 0.0808. The first kappa shape index (κ1) is 19.0. The minimum atomic E-state index is 0.252. The van der Waals surface area contributed by atoms with Gasteiger partial charge in [-0.05, 0) is 82.1 Å². The van der Waals surface area contributed by atoms with Crippen molar-refractivity contribution < 1.29 is 0 Å². The van der Waals surface area contributed by atoms with Gasteiger partial charge in [-0.15, -0.1) is 0 Å². The molecule has 0 saturated heterocycles. The van der Waals surface area contributed by atoms with Gasteiger partial charge in [-0.3, -0.25) is 0 Å². The Bertz CT molecular complexity index is 294. The molecule has 1 saturated carbocycles. The van der Waals surface area contributed by atoms with Gasteiger partial charge in [0.2, 0.25) is 0 Å². The van der Waals surface area contributed by atoms with Crippen molar-refractivity contribution in [3.63, 3.8) is 0 Å². The highest BCUT2D eigenvalue weighted by atomic mass is 14.9. The van der Waals surface area contributed by atoms with Crippen molar-refractivity contribution in [2.24, 2.45) is 29.1 Å². The van der Waals surface area contributed by atoms with Crippen LogP contribution in [0.2, 0.25) is 0 Å². The molecule has 1 nitrogen and oxygen atoms in total. The van der Waals surface area contributed by atoms with E-state index in [0.29, 0.717) is 5.41 Å². The molecule has 0 aromatic heterocycles. The highest BCUT2D eigenvalue weighted by molar-refractivity contribution is 4.88. The molecule has 1 aliphatic carbocycles. The van der Waals surface area contributed by atoms with Crippen LogP contribution < -0.4 is 5.32 Å². The summed E-state index contributed by atoms with van der Waals surface area (Å²) in [6.45, 7) is 20.2. The van der Waals surface area contributed by atoms with Crippen molar-refractivity contribution in [1.29, 1.82) is 0 Å². The Hall–Kier alpha value is -0.0400. The molecule has 126 valence electrons. The second-order valence-corrected chi connectivity index (χ2v) is 9.78. The predicted octanol–water partition coefficient (Wildman–Crippen LogP) is 5.89. The van der Waals surface area contributed by atoms with Crippen molar-refractivity contribution >= 4 is 0 Å². The first-order valence-electron chi connectivity index (χ1n) is 9.28. The molecule has 1 fully saturated rings. The number of hydrogen-bond donors (Lipinski definition) is 1. The lowest BCUT2D eigenvalue weighted by Crippen LogP contribution is -2.43. The van der Waals surface area contributed by atoms with Crippen molar-refractivity contribution in [1.82, 2.24) is 5.32 Å². The van der Waals surface area contributed by atoms with Crippen molar-refractivity contribution in [3.05, 3.63) is 0 Å². The quantitative estimate of drug-likeness (QED) is 0.667. The molecule has 1 N–H and O–H groups in total. The third-order valence-corrected chi connectivity index (χ3v) is 5.66. The van der Waals surface area contributed by atoms with Crippen LogP contribution in [0.25, 0.3) is 0 Å². The summed E-state index contributed by atoms with van der Waals surface area (Å²) in [4.78, 5) is 0. The summed E-state index contributed by atoms with van der Waals surface area (Å²) in [5.74, 6) is 3.60. The van der Waals surface area contributed by atoms with E-state index >= 15 is 0 Å². The van der Waals surface area contributed by atoms with Crippen LogP contribution in [0.5, 0.6) is 0 Å². The Labute approximate surface area is 134 Å². The molecule has 0 aromatic rings. The smallest absolute Gasteiger partial charge is 0.00966 e. The van der Waals surface area contributed by atoms with Crippen LogP contribution in [0.15, 0.2) is 0 Å². The Kier molecular flexibility index (Phi) is 6.78. The Morgan fingerprint density at radius 1 is 1.00 bits per heavy atom. The first-order valence-corrected chi connectivity index (χ1v) is 9.28. The highest BCUT2D eigenvalue weighted by Crippen LogP contribution is 2.44. The molecule has 4 unspecified atom stereocenters. The van der Waals surface area contributed by atoms with Crippen molar-refractivity contribution in [2.75, 3.05) is 6.54 Å². The fourth-order valence-electron chi connectivity index (χ4n) is 3.79. The first-order chi connectivity index (χ1) is 9.53. The molecule has 4 atom stereocenters. The average Bonchev–Trinajstić information content (AvgIpc) is 2.34. The van der Waals surface area contributed by atoms with Crippen molar-refractivity contribution in [2.45, 2.75) is 93.0 Å². The molecule has 0 radical (unpaired) electrons. The van der Waals surface area contributed by atoms with E-state index in [2.05, 4.69) is 60.7 Å². The molecule has 1 heteroatoms. The van der Waals surface area contributed by atoms with E-state index in [0.717, 1.165) is 23.7 Å². The summed E-state index contributed by atoms with van der Waals surface area (Å²) in [7, 11) is 0. The average molecular weight is 296 g/mol. The summed E-state index contributed by atoms with van der Waals surface area (Å²) >= 11 is 0. The molecule has 0 heterocycles. The van der Waals surface area contributed by atoms with Gasteiger partial charge in [0, 0.05) is 5.54 Å². The van der Waals surface area contributed by atoms with Crippen LogP contribution in [0.1, 0.15) is 87.5 Å². The lowest BCUT2D eigenvalue weighted by Gasteiger charge is -2.43. The third-order valence-electron chi connectivity index (χ3n) is 5.66. The summed E-state index contributed by atoms with van der Waals surface area (Å²) in [6.07, 6.45) is 7.06. The topological polar surface area (TPSA) is 12.0 Å². The molecule has 0 bridgehead atoms. The molecular formula is C20H41N. The monoisotopic (exact) mass is 295 g/mol. The van der Waals surface area contributed by atoms with Gasteiger partial charge in [0.1, 0.15) is 0 Å². The molecule has 21 heavy (non-hydrogen) atoms. The van der Waals surface area contributed by atoms with E-state index in [1.807, 2.05) is 0 Å². The second kappa shape index (κ2) is 7.49. The number of rotatable bonds is 5. The summed E-state index contributed by atoms with van der Waals surface area (Å²) < 4.78 is 0. The Morgan fingerprint density at radius 3 is 2.10 bits per heavy atom. The molecule has 1 rings (SSSR count). The third kappa shape index (κ3) is 6.72. The normalized spacial score (nSPS) is 29.4. The molecule has 0 amide bonds. The van der Waals surface area contributed by atoms with Gasteiger partial charge in [0.25, 0.3) is 0 Å². The van der Waals surface area contributed by atoms with Gasteiger partial charge in [-0.25, -0.2) is 0 Å². The zero-order valence-corrected chi connectivity index (χ0v) is 16.1. The van der Waals surface area contributed by atoms with Crippen LogP contribution in [0, 0.1) is 29.1 Å². The van der Waals surface area contributed by atoms with E-state index in [4.69, 9.17) is 0 Å². The van der Waals surface area contributed by atoms with E-state index in [9.17, 15) is 0 Å². The van der Waals surface area contributed by atoms with Crippen LogP contribution >= 0.6 is 0 Å². The lowest BCUT2D eigenvalue weighted by atomic mass is 9.64. The van der Waals surface area contributed by atoms with Gasteiger partial charge in [-0.1, -0.05) is 41.0 Å². The maximum absolute atomic E-state index is 3.77. The van der Waals surface area contributed by atoms with E-state index in [1.54, 1.807) is 0 Å². The fourth-order valence-corrected chi connectivity index (χ4v) is 3.79. The van der Waals surface area contributed by atoms with Gasteiger partial charge < -0.3 is 5.32 Å². The SMILES string of the molecule is CCC(C)CC1CC(C(C)(C)C)CCC1CNC(C)(C)C. The number of nitrogens with one attached hydrogen (secondary N) is 1. The molecular weight excluding hydrogens is 254 g/mol. The van der Waals surface area contributed by atoms with E-state index in [1.165, 1.54) is 38.6 Å². The van der Waals surface area contributed by atoms with Crippen LogP contribution in [0.4, 0.5) is 0 Å². The molecule has 0 aliphatic heterocycles. The molecule has 0 aromatic carbocycles. The van der Waals surface area contributed by atoms with E-state index in [-0.39, 0.29) is 5.54 Å². The molecule has 1 aliphatic rings. The highest BCUT2D eigenvalue weighted by Gasteiger charge is 2.36. The largest absolute Gasteiger partial charge is 0.312 e. The predicted molar refractivity (Wildman–Crippen MR) is 95.6 cm³/mol. The maximum atomic E-state index is 3.77. The van der Waals surface area contributed by atoms with Crippen molar-refractivity contribution in [3.8, 4) is 0 Å². The van der Waals surface area contributed by atoms with Gasteiger partial charge in [0.05, 0.1) is 0 Å². The fraction of sp³-hybridized carbons (Fsp3) is 1.00. The molecule has 0 spiro atoms. The minimum absolute atomic E-state index is 0.252. The number of hydrogen-bond acceptors (Lipinski definition) is 1. The van der Waals surface area contributed by atoms with Crippen LogP contribution in [0.3, 0.4) is 0 Å². The zero-order chi connectivity index (χ0) is 16.3. The van der Waals surface area contributed by atoms with Gasteiger partial charge >= 0.3 is 0 Å². The summed E-state index contributed by atoms with van der Waals surface area (Å²) in [6, 6.07) is 0. The zero-order valence-electron chi connectivity index (χ0n) is 16.1. The van der Waals surface area contributed by atoms with E-state index < -0.39 is 0 Å². The second-order valence-electron chi connectivity index (χ2n) is 9.78. The Morgan fingerprint density at radius 2 is 1.62 bits per heavy atom. The minimum Gasteiger partial charge on any atom is -0.312 e. The Balaban J connectivity index is 2.68. The van der Waals surface area contributed by atoms with Crippen LogP contribution in [-0.4, -0.2) is 12.1 Å².